The van der Waals surface area contributed by atoms with Gasteiger partial charge in [-0.1, -0.05) is 30.3 Å². The summed E-state index contributed by atoms with van der Waals surface area (Å²) >= 11 is 3.66. The first-order valence-corrected chi connectivity index (χ1v) is 10.4. The topological polar surface area (TPSA) is 52.0 Å². The van der Waals surface area contributed by atoms with Crippen LogP contribution in [0, 0.1) is 0 Å². The Balaban J connectivity index is 2.07. The zero-order valence-corrected chi connectivity index (χ0v) is 17.2. The lowest BCUT2D eigenvalue weighted by molar-refractivity contribution is 0.567. The second-order valence-corrected chi connectivity index (χ2v) is 10.3. The lowest BCUT2D eigenvalue weighted by Gasteiger charge is -2.15. The van der Waals surface area contributed by atoms with Gasteiger partial charge in [0.25, 0.3) is 0 Å². The van der Waals surface area contributed by atoms with Gasteiger partial charge in [-0.2, -0.15) is 0 Å². The first kappa shape index (κ1) is 17.7. The van der Waals surface area contributed by atoms with Crippen molar-refractivity contribution in [3.8, 4) is 0 Å². The minimum atomic E-state index is -0.333. The van der Waals surface area contributed by atoms with Crippen molar-refractivity contribution in [1.82, 2.24) is 0 Å². The van der Waals surface area contributed by atoms with E-state index in [1.807, 2.05) is 36.5 Å². The van der Waals surface area contributed by atoms with Crippen molar-refractivity contribution in [2.75, 3.05) is 0 Å². The van der Waals surface area contributed by atoms with Crippen LogP contribution < -0.4 is 11.5 Å². The van der Waals surface area contributed by atoms with Crippen LogP contribution in [0.25, 0.3) is 37.0 Å². The highest BCUT2D eigenvalue weighted by Crippen LogP contribution is 2.45. The lowest BCUT2D eigenvalue weighted by Crippen LogP contribution is -2.28. The molecule has 2 aromatic carbocycles. The Labute approximate surface area is 162 Å². The first-order chi connectivity index (χ1) is 12.1. The Kier molecular flexibility index (Phi) is 4.01. The molecular formula is C22H24N2S2. The summed E-state index contributed by atoms with van der Waals surface area (Å²) in [5.74, 6) is 0. The monoisotopic (exact) mass is 380 g/mol. The molecule has 0 unspecified atom stereocenters. The normalized spacial score (nSPS) is 13.6. The minimum absolute atomic E-state index is 0.312. The fourth-order valence-corrected chi connectivity index (χ4v) is 5.61. The first-order valence-electron chi connectivity index (χ1n) is 8.79. The summed E-state index contributed by atoms with van der Waals surface area (Å²) in [6.45, 7) is 8.17. The SMILES string of the molecule is CC(C)(N)C=Cc1cc2c3ccccc3c3cc(C(C)(C)N)sc3c2s1. The lowest BCUT2D eigenvalue weighted by atomic mass is 10.0. The summed E-state index contributed by atoms with van der Waals surface area (Å²) in [4.78, 5) is 2.46. The van der Waals surface area contributed by atoms with E-state index in [9.17, 15) is 0 Å². The van der Waals surface area contributed by atoms with Crippen LogP contribution in [0.4, 0.5) is 0 Å². The number of fused-ring (bicyclic) bond motifs is 6. The van der Waals surface area contributed by atoms with Crippen molar-refractivity contribution in [3.63, 3.8) is 0 Å². The molecule has 4 heteroatoms. The zero-order valence-electron chi connectivity index (χ0n) is 15.6. The van der Waals surface area contributed by atoms with Crippen LogP contribution in [0.1, 0.15) is 37.4 Å². The molecule has 0 saturated carbocycles. The molecule has 0 spiro atoms. The molecule has 4 rings (SSSR count). The molecule has 0 aliphatic heterocycles. The molecular weight excluding hydrogens is 356 g/mol. The molecule has 4 N–H and O–H groups in total. The van der Waals surface area contributed by atoms with Crippen molar-refractivity contribution < 1.29 is 0 Å². The molecule has 134 valence electrons. The van der Waals surface area contributed by atoms with Crippen molar-refractivity contribution in [2.45, 2.75) is 38.8 Å². The predicted molar refractivity (Wildman–Crippen MR) is 119 cm³/mol. The van der Waals surface area contributed by atoms with Crippen LogP contribution in [-0.4, -0.2) is 5.54 Å². The molecule has 4 aromatic rings. The molecule has 0 atom stereocenters. The number of benzene rings is 2. The van der Waals surface area contributed by atoms with Crippen LogP contribution in [0.5, 0.6) is 0 Å². The Hall–Kier alpha value is -1.72. The van der Waals surface area contributed by atoms with E-state index in [4.69, 9.17) is 11.5 Å². The van der Waals surface area contributed by atoms with E-state index in [0.717, 1.165) is 0 Å². The van der Waals surface area contributed by atoms with Gasteiger partial charge in [-0.25, -0.2) is 0 Å². The van der Waals surface area contributed by atoms with Crippen LogP contribution in [0.15, 0.2) is 42.5 Å². The van der Waals surface area contributed by atoms with Gasteiger partial charge in [-0.05, 0) is 56.7 Å². The average molecular weight is 381 g/mol. The van der Waals surface area contributed by atoms with E-state index in [1.165, 1.54) is 40.7 Å². The minimum Gasteiger partial charge on any atom is -0.322 e. The van der Waals surface area contributed by atoms with Gasteiger partial charge in [-0.15, -0.1) is 22.7 Å². The second-order valence-electron chi connectivity index (χ2n) is 8.17. The summed E-state index contributed by atoms with van der Waals surface area (Å²) in [6.07, 6.45) is 4.21. The van der Waals surface area contributed by atoms with Gasteiger partial charge in [0.2, 0.25) is 0 Å². The quantitative estimate of drug-likeness (QED) is 0.444. The van der Waals surface area contributed by atoms with Gasteiger partial charge in [0.1, 0.15) is 0 Å². The summed E-state index contributed by atoms with van der Waals surface area (Å²) in [5, 5.41) is 5.23. The van der Waals surface area contributed by atoms with Crippen LogP contribution in [-0.2, 0) is 5.54 Å². The summed E-state index contributed by atoms with van der Waals surface area (Å²) in [7, 11) is 0. The van der Waals surface area contributed by atoms with Crippen molar-refractivity contribution in [1.29, 1.82) is 0 Å². The number of rotatable bonds is 3. The average Bonchev–Trinajstić information content (AvgIpc) is 3.16. The summed E-state index contributed by atoms with van der Waals surface area (Å²) < 4.78 is 2.68. The third-order valence-corrected chi connectivity index (χ3v) is 7.25. The van der Waals surface area contributed by atoms with Gasteiger partial charge in [0, 0.05) is 31.6 Å². The highest BCUT2D eigenvalue weighted by molar-refractivity contribution is 7.28. The summed E-state index contributed by atoms with van der Waals surface area (Å²) in [5.41, 5.74) is 11.9. The molecule has 26 heavy (non-hydrogen) atoms. The highest BCUT2D eigenvalue weighted by atomic mass is 32.1. The molecule has 0 fully saturated rings. The molecule has 0 saturated heterocycles. The maximum Gasteiger partial charge on any atom is 0.0534 e. The van der Waals surface area contributed by atoms with Crippen LogP contribution in [0.2, 0.25) is 0 Å². The van der Waals surface area contributed by atoms with Crippen LogP contribution >= 0.6 is 22.7 Å². The number of hydrogen-bond acceptors (Lipinski definition) is 4. The highest BCUT2D eigenvalue weighted by Gasteiger charge is 2.21. The maximum absolute atomic E-state index is 6.40. The second kappa shape index (κ2) is 5.89. The van der Waals surface area contributed by atoms with Crippen LogP contribution in [0.3, 0.4) is 0 Å². The molecule has 2 aromatic heterocycles. The van der Waals surface area contributed by atoms with Crippen molar-refractivity contribution in [2.24, 2.45) is 11.5 Å². The third-order valence-electron chi connectivity index (χ3n) is 4.51. The predicted octanol–water partition coefficient (Wildman–Crippen LogP) is 6.21. The maximum atomic E-state index is 6.40. The molecule has 0 amide bonds. The van der Waals surface area contributed by atoms with Gasteiger partial charge in [0.15, 0.2) is 0 Å². The van der Waals surface area contributed by atoms with E-state index in [2.05, 4.69) is 62.4 Å². The third kappa shape index (κ3) is 3.08. The fraction of sp³-hybridized carbons (Fsp3) is 0.273. The van der Waals surface area contributed by atoms with E-state index in [0.29, 0.717) is 0 Å². The van der Waals surface area contributed by atoms with Gasteiger partial charge in [0.05, 0.1) is 9.40 Å². The largest absolute Gasteiger partial charge is 0.322 e. The Morgan fingerprint density at radius 1 is 0.808 bits per heavy atom. The Morgan fingerprint density at radius 3 is 1.96 bits per heavy atom. The Morgan fingerprint density at radius 2 is 1.38 bits per heavy atom. The smallest absolute Gasteiger partial charge is 0.0534 e. The van der Waals surface area contributed by atoms with E-state index >= 15 is 0 Å². The van der Waals surface area contributed by atoms with Gasteiger partial charge < -0.3 is 11.5 Å². The van der Waals surface area contributed by atoms with E-state index < -0.39 is 0 Å². The number of thiophene rings is 2. The van der Waals surface area contributed by atoms with Crippen molar-refractivity contribution >= 4 is 59.7 Å². The molecule has 0 aliphatic rings. The molecule has 0 bridgehead atoms. The molecule has 0 radical (unpaired) electrons. The molecule has 2 nitrogen and oxygen atoms in total. The van der Waals surface area contributed by atoms with E-state index in [1.54, 1.807) is 0 Å². The fourth-order valence-electron chi connectivity index (χ4n) is 3.19. The van der Waals surface area contributed by atoms with Gasteiger partial charge in [-0.3, -0.25) is 0 Å². The standard InChI is InChI=1S/C22H24N2S2/c1-21(2,23)10-9-13-11-16-14-7-5-6-8-15(14)17-12-18(22(3,4)24)26-20(17)19(16)25-13/h5-12H,23-24H2,1-4H3. The zero-order chi connectivity index (χ0) is 18.7. The van der Waals surface area contributed by atoms with Gasteiger partial charge >= 0.3 is 0 Å². The summed E-state index contributed by atoms with van der Waals surface area (Å²) in [6, 6.07) is 13.2. The Bertz CT molecular complexity index is 1150. The molecule has 0 aliphatic carbocycles. The van der Waals surface area contributed by atoms with Crippen molar-refractivity contribution in [3.05, 3.63) is 52.2 Å². The number of hydrogen-bond donors (Lipinski definition) is 2. The van der Waals surface area contributed by atoms with E-state index in [-0.39, 0.29) is 11.1 Å². The number of nitrogens with two attached hydrogens (primary N) is 2. The molecule has 2 heterocycles.